The number of anilines is 2. The highest BCUT2D eigenvalue weighted by Crippen LogP contribution is 2.25. The zero-order valence-electron chi connectivity index (χ0n) is 14.0. The van der Waals surface area contributed by atoms with Gasteiger partial charge in [0, 0.05) is 10.6 Å². The van der Waals surface area contributed by atoms with Crippen LogP contribution in [0.15, 0.2) is 42.5 Å². The highest BCUT2D eigenvalue weighted by atomic mass is 35.5. The lowest BCUT2D eigenvalue weighted by Crippen LogP contribution is -2.27. The Morgan fingerprint density at radius 2 is 1.76 bits per heavy atom. The molecular weight excluding hydrogens is 347 g/mol. The lowest BCUT2D eigenvalue weighted by Gasteiger charge is -2.20. The molecule has 0 fully saturated rings. The average Bonchev–Trinajstić information content (AvgIpc) is 2.48. The fraction of sp³-hybridized carbons (Fsp3) is 0.222. The molecule has 2 amide bonds. The van der Waals surface area contributed by atoms with Crippen LogP contribution in [-0.2, 0) is 4.74 Å². The fourth-order valence-electron chi connectivity index (χ4n) is 1.97. The molecule has 0 spiro atoms. The number of hydrogen-bond acceptors (Lipinski definition) is 3. The SMILES string of the molecule is CC(C)(C)OC(=O)Nc1ccc(F)cc1NC(=O)c1cccc(Cl)c1. The smallest absolute Gasteiger partial charge is 0.412 e. The first-order valence-corrected chi connectivity index (χ1v) is 7.88. The number of carbonyl (C=O) groups excluding carboxylic acids is 2. The van der Waals surface area contributed by atoms with Crippen molar-refractivity contribution in [3.63, 3.8) is 0 Å². The molecule has 0 aliphatic rings. The summed E-state index contributed by atoms with van der Waals surface area (Å²) in [5.41, 5.74) is -0.0595. The molecule has 25 heavy (non-hydrogen) atoms. The van der Waals surface area contributed by atoms with Gasteiger partial charge in [-0.25, -0.2) is 9.18 Å². The number of benzene rings is 2. The molecule has 2 rings (SSSR count). The normalized spacial score (nSPS) is 10.9. The molecular formula is C18H18ClFN2O3. The second kappa shape index (κ2) is 7.53. The minimum atomic E-state index is -0.711. The minimum absolute atomic E-state index is 0.107. The van der Waals surface area contributed by atoms with E-state index in [1.807, 2.05) is 0 Å². The van der Waals surface area contributed by atoms with Crippen molar-refractivity contribution in [2.45, 2.75) is 26.4 Å². The van der Waals surface area contributed by atoms with Crippen LogP contribution in [0, 0.1) is 5.82 Å². The second-order valence-electron chi connectivity index (χ2n) is 6.28. The van der Waals surface area contributed by atoms with Crippen molar-refractivity contribution < 1.29 is 18.7 Å². The first kappa shape index (κ1) is 18.7. The van der Waals surface area contributed by atoms with E-state index in [1.54, 1.807) is 39.0 Å². The first-order valence-electron chi connectivity index (χ1n) is 7.50. The van der Waals surface area contributed by atoms with E-state index in [9.17, 15) is 14.0 Å². The Bertz CT molecular complexity index is 803. The van der Waals surface area contributed by atoms with Crippen molar-refractivity contribution in [1.29, 1.82) is 0 Å². The molecule has 0 aliphatic carbocycles. The van der Waals surface area contributed by atoms with Gasteiger partial charge in [0.1, 0.15) is 11.4 Å². The molecule has 0 aromatic heterocycles. The number of halogens is 2. The van der Waals surface area contributed by atoms with Crippen LogP contribution in [0.1, 0.15) is 31.1 Å². The Balaban J connectivity index is 2.21. The van der Waals surface area contributed by atoms with Gasteiger partial charge in [0.05, 0.1) is 11.4 Å². The number of hydrogen-bond donors (Lipinski definition) is 2. The molecule has 0 aliphatic heterocycles. The topological polar surface area (TPSA) is 67.4 Å². The van der Waals surface area contributed by atoms with Crippen LogP contribution in [0.3, 0.4) is 0 Å². The zero-order chi connectivity index (χ0) is 18.6. The molecule has 0 unspecified atom stereocenters. The summed E-state index contributed by atoms with van der Waals surface area (Å²) in [7, 11) is 0. The van der Waals surface area contributed by atoms with Gasteiger partial charge < -0.3 is 10.1 Å². The summed E-state index contributed by atoms with van der Waals surface area (Å²) in [4.78, 5) is 24.2. The van der Waals surface area contributed by atoms with Gasteiger partial charge in [-0.15, -0.1) is 0 Å². The van der Waals surface area contributed by atoms with E-state index in [-0.39, 0.29) is 11.4 Å². The van der Waals surface area contributed by atoms with Crippen molar-refractivity contribution >= 4 is 35.0 Å². The summed E-state index contributed by atoms with van der Waals surface area (Å²) in [6.45, 7) is 5.16. The van der Waals surface area contributed by atoms with E-state index in [4.69, 9.17) is 16.3 Å². The first-order chi connectivity index (χ1) is 11.6. The third-order valence-corrected chi connectivity index (χ3v) is 3.19. The van der Waals surface area contributed by atoms with Gasteiger partial charge >= 0.3 is 6.09 Å². The zero-order valence-corrected chi connectivity index (χ0v) is 14.8. The van der Waals surface area contributed by atoms with E-state index >= 15 is 0 Å². The second-order valence-corrected chi connectivity index (χ2v) is 6.72. The largest absolute Gasteiger partial charge is 0.444 e. The Kier molecular flexibility index (Phi) is 5.64. The summed E-state index contributed by atoms with van der Waals surface area (Å²) in [6, 6.07) is 9.93. The Hall–Kier alpha value is -2.60. The lowest BCUT2D eigenvalue weighted by molar-refractivity contribution is 0.0635. The highest BCUT2D eigenvalue weighted by molar-refractivity contribution is 6.31. The predicted molar refractivity (Wildman–Crippen MR) is 95.7 cm³/mol. The third-order valence-electron chi connectivity index (χ3n) is 2.95. The number of amides is 2. The molecule has 132 valence electrons. The maximum atomic E-state index is 13.6. The van der Waals surface area contributed by atoms with Crippen molar-refractivity contribution in [2.75, 3.05) is 10.6 Å². The summed E-state index contributed by atoms with van der Waals surface area (Å²) < 4.78 is 18.7. The van der Waals surface area contributed by atoms with Gasteiger partial charge in [0.2, 0.25) is 0 Å². The number of ether oxygens (including phenoxy) is 1. The molecule has 0 heterocycles. The van der Waals surface area contributed by atoms with Crippen molar-refractivity contribution in [2.24, 2.45) is 0 Å². The highest BCUT2D eigenvalue weighted by Gasteiger charge is 2.18. The summed E-state index contributed by atoms with van der Waals surface area (Å²) in [5, 5.41) is 5.45. The van der Waals surface area contributed by atoms with Crippen LogP contribution in [0.2, 0.25) is 5.02 Å². The Labute approximate surface area is 150 Å². The maximum Gasteiger partial charge on any atom is 0.412 e. The van der Waals surface area contributed by atoms with E-state index in [0.29, 0.717) is 10.6 Å². The standard InChI is InChI=1S/C18H18ClFN2O3/c1-18(2,3)25-17(24)22-14-8-7-13(20)10-15(14)21-16(23)11-5-4-6-12(19)9-11/h4-10H,1-3H3,(H,21,23)(H,22,24). The summed E-state index contributed by atoms with van der Waals surface area (Å²) in [5.74, 6) is -1.04. The monoisotopic (exact) mass is 364 g/mol. The quantitative estimate of drug-likeness (QED) is 0.798. The molecule has 0 radical (unpaired) electrons. The predicted octanol–water partition coefficient (Wildman–Crippen LogP) is 5.08. The molecule has 0 saturated heterocycles. The van der Waals surface area contributed by atoms with Crippen molar-refractivity contribution in [3.05, 3.63) is 58.9 Å². The third kappa shape index (κ3) is 5.76. The molecule has 5 nitrogen and oxygen atoms in total. The van der Waals surface area contributed by atoms with Crippen molar-refractivity contribution in [3.8, 4) is 0 Å². The van der Waals surface area contributed by atoms with Crippen LogP contribution in [0.4, 0.5) is 20.6 Å². The fourth-order valence-corrected chi connectivity index (χ4v) is 2.16. The van der Waals surface area contributed by atoms with Gasteiger partial charge in [-0.05, 0) is 57.2 Å². The summed E-state index contributed by atoms with van der Waals surface area (Å²) in [6.07, 6.45) is -0.711. The van der Waals surface area contributed by atoms with E-state index in [2.05, 4.69) is 10.6 Å². The Morgan fingerprint density at radius 1 is 1.04 bits per heavy atom. The van der Waals surface area contributed by atoms with E-state index < -0.39 is 23.4 Å². The van der Waals surface area contributed by atoms with Crippen LogP contribution in [0.5, 0.6) is 0 Å². The molecule has 2 N–H and O–H groups in total. The molecule has 2 aromatic rings. The van der Waals surface area contributed by atoms with Gasteiger partial charge in [-0.2, -0.15) is 0 Å². The van der Waals surface area contributed by atoms with Crippen LogP contribution in [0.25, 0.3) is 0 Å². The lowest BCUT2D eigenvalue weighted by atomic mass is 10.2. The number of carbonyl (C=O) groups is 2. The molecule has 0 saturated carbocycles. The van der Waals surface area contributed by atoms with Crippen LogP contribution < -0.4 is 10.6 Å². The number of nitrogens with one attached hydrogen (secondary N) is 2. The van der Waals surface area contributed by atoms with Gasteiger partial charge in [0.15, 0.2) is 0 Å². The molecule has 2 aromatic carbocycles. The molecule has 0 bridgehead atoms. The van der Waals surface area contributed by atoms with E-state index in [1.165, 1.54) is 18.2 Å². The Morgan fingerprint density at radius 3 is 2.40 bits per heavy atom. The molecule has 0 atom stereocenters. The summed E-state index contributed by atoms with van der Waals surface area (Å²) >= 11 is 5.87. The van der Waals surface area contributed by atoms with Crippen LogP contribution >= 0.6 is 11.6 Å². The van der Waals surface area contributed by atoms with E-state index in [0.717, 1.165) is 6.07 Å². The van der Waals surface area contributed by atoms with Gasteiger partial charge in [-0.1, -0.05) is 17.7 Å². The maximum absolute atomic E-state index is 13.6. The molecule has 7 heteroatoms. The van der Waals surface area contributed by atoms with Gasteiger partial charge in [-0.3, -0.25) is 10.1 Å². The number of rotatable bonds is 3. The van der Waals surface area contributed by atoms with Gasteiger partial charge in [0.25, 0.3) is 5.91 Å². The average molecular weight is 365 g/mol. The van der Waals surface area contributed by atoms with Crippen molar-refractivity contribution in [1.82, 2.24) is 0 Å². The minimum Gasteiger partial charge on any atom is -0.444 e. The van der Waals surface area contributed by atoms with Crippen LogP contribution in [-0.4, -0.2) is 17.6 Å².